The van der Waals surface area contributed by atoms with E-state index in [9.17, 15) is 10.4 Å². The second-order valence-electron chi connectivity index (χ2n) is 9.25. The van der Waals surface area contributed by atoms with Crippen LogP contribution in [-0.2, 0) is 19.3 Å². The zero-order valence-electron chi connectivity index (χ0n) is 18.9. The van der Waals surface area contributed by atoms with Gasteiger partial charge < -0.3 is 15.3 Å². The van der Waals surface area contributed by atoms with Crippen molar-refractivity contribution in [3.8, 4) is 11.9 Å². The molecule has 0 spiro atoms. The summed E-state index contributed by atoms with van der Waals surface area (Å²) in [6.45, 7) is 0. The molecule has 0 amide bonds. The first kappa shape index (κ1) is 23.7. The molecule has 0 heterocycles. The van der Waals surface area contributed by atoms with Crippen molar-refractivity contribution in [3.63, 3.8) is 0 Å². The van der Waals surface area contributed by atoms with Gasteiger partial charge in [0.05, 0.1) is 21.6 Å². The highest BCUT2D eigenvalue weighted by molar-refractivity contribution is 6.37. The first-order chi connectivity index (χ1) is 15.8. The summed E-state index contributed by atoms with van der Waals surface area (Å²) < 4.78 is 0. The number of phenols is 1. The van der Waals surface area contributed by atoms with Gasteiger partial charge in [-0.2, -0.15) is 5.26 Å². The zero-order chi connectivity index (χ0) is 23.6. The number of guanidine groups is 1. The number of fused-ring (bicyclic) bond motifs is 1. The lowest BCUT2D eigenvalue weighted by Gasteiger charge is -2.34. The minimum absolute atomic E-state index is 0.0931. The predicted molar refractivity (Wildman–Crippen MR) is 133 cm³/mol. The molecular formula is C25H29Cl2N5O. The first-order valence-electron chi connectivity index (χ1n) is 11.2. The Kier molecular flexibility index (Phi) is 7.04. The number of aliphatic imine (C=N–C) groups is 1. The molecule has 0 saturated heterocycles. The van der Waals surface area contributed by atoms with Crippen molar-refractivity contribution in [2.24, 2.45) is 4.99 Å². The average molecular weight is 486 g/mol. The molecular weight excluding hydrogens is 457 g/mol. The Hall–Kier alpha value is -2.46. The Bertz CT molecular complexity index is 1070. The van der Waals surface area contributed by atoms with Gasteiger partial charge in [0.2, 0.25) is 5.96 Å². The minimum Gasteiger partial charge on any atom is -0.505 e. The van der Waals surface area contributed by atoms with Crippen molar-refractivity contribution < 1.29 is 5.11 Å². The first-order valence-corrected chi connectivity index (χ1v) is 12.0. The van der Waals surface area contributed by atoms with E-state index in [-0.39, 0.29) is 33.4 Å². The summed E-state index contributed by atoms with van der Waals surface area (Å²) in [6.07, 6.45) is 7.51. The lowest BCUT2D eigenvalue weighted by Crippen LogP contribution is -2.55. The molecule has 33 heavy (non-hydrogen) atoms. The van der Waals surface area contributed by atoms with Crippen LogP contribution in [0.3, 0.4) is 0 Å². The standard InChI is InChI=1S/C25H29Cl2N5O/c1-32(2)22(13-16-11-20(26)23(33)21(27)12-16)25(9-10-25)31-24(29-15-28)30-19-8-7-17-5-3-4-6-18(17)14-19/h3-6,11-12,19,22,33H,7-10,13-14H2,1-2H3,(H2,29,30,31)/t19-,22?/m0/s1. The van der Waals surface area contributed by atoms with Crippen molar-refractivity contribution in [1.29, 1.82) is 5.26 Å². The van der Waals surface area contributed by atoms with E-state index in [0.29, 0.717) is 12.4 Å². The van der Waals surface area contributed by atoms with Crippen LogP contribution in [0.4, 0.5) is 0 Å². The molecule has 3 N–H and O–H groups in total. The fourth-order valence-corrected chi connectivity index (χ4v) is 5.40. The van der Waals surface area contributed by atoms with Gasteiger partial charge in [0.25, 0.3) is 0 Å². The maximum Gasteiger partial charge on any atom is 0.205 e. The van der Waals surface area contributed by atoms with Crippen molar-refractivity contribution in [2.75, 3.05) is 14.1 Å². The van der Waals surface area contributed by atoms with E-state index in [0.717, 1.165) is 37.7 Å². The van der Waals surface area contributed by atoms with Crippen molar-refractivity contribution in [3.05, 3.63) is 63.1 Å². The third kappa shape index (κ3) is 5.38. The molecule has 2 aromatic carbocycles. The van der Waals surface area contributed by atoms with Gasteiger partial charge in [0, 0.05) is 6.04 Å². The molecule has 0 radical (unpaired) electrons. The molecule has 2 aromatic rings. The highest BCUT2D eigenvalue weighted by atomic mass is 35.5. The van der Waals surface area contributed by atoms with E-state index in [1.807, 2.05) is 20.3 Å². The second kappa shape index (κ2) is 9.80. The van der Waals surface area contributed by atoms with Gasteiger partial charge in [-0.1, -0.05) is 47.5 Å². The van der Waals surface area contributed by atoms with Crippen LogP contribution in [0.15, 0.2) is 41.4 Å². The van der Waals surface area contributed by atoms with E-state index >= 15 is 0 Å². The molecule has 174 valence electrons. The number of nitrogens with one attached hydrogen (secondary N) is 2. The Morgan fingerprint density at radius 1 is 1.24 bits per heavy atom. The van der Waals surface area contributed by atoms with Crippen LogP contribution in [-0.4, -0.2) is 47.7 Å². The van der Waals surface area contributed by atoms with Crippen molar-refractivity contribution >= 4 is 29.2 Å². The smallest absolute Gasteiger partial charge is 0.205 e. The van der Waals surface area contributed by atoms with Crippen LogP contribution in [0.5, 0.6) is 5.75 Å². The number of aryl methyl sites for hydroxylation is 1. The van der Waals surface area contributed by atoms with Crippen LogP contribution in [0.1, 0.15) is 36.0 Å². The number of nitrogens with zero attached hydrogens (tertiary/aromatic N) is 3. The van der Waals surface area contributed by atoms with E-state index < -0.39 is 0 Å². The summed E-state index contributed by atoms with van der Waals surface area (Å²) in [6, 6.07) is 12.3. The molecule has 1 unspecified atom stereocenters. The van der Waals surface area contributed by atoms with Crippen molar-refractivity contribution in [1.82, 2.24) is 15.5 Å². The maximum atomic E-state index is 9.90. The monoisotopic (exact) mass is 485 g/mol. The lowest BCUT2D eigenvalue weighted by atomic mass is 9.89. The highest BCUT2D eigenvalue weighted by Gasteiger charge is 2.51. The largest absolute Gasteiger partial charge is 0.505 e. The fraction of sp³-hybridized carbons (Fsp3) is 0.440. The highest BCUT2D eigenvalue weighted by Crippen LogP contribution is 2.43. The van der Waals surface area contributed by atoms with Gasteiger partial charge in [0.1, 0.15) is 0 Å². The van der Waals surface area contributed by atoms with Gasteiger partial charge in [0.15, 0.2) is 11.9 Å². The van der Waals surface area contributed by atoms with Crippen LogP contribution in [0.2, 0.25) is 10.0 Å². The molecule has 0 bridgehead atoms. The van der Waals surface area contributed by atoms with Crippen LogP contribution < -0.4 is 10.6 Å². The molecule has 1 fully saturated rings. The number of halogens is 2. The number of nitriles is 1. The van der Waals surface area contributed by atoms with E-state index in [4.69, 9.17) is 28.2 Å². The fourth-order valence-electron chi connectivity index (χ4n) is 4.86. The third-order valence-electron chi connectivity index (χ3n) is 6.73. The van der Waals surface area contributed by atoms with Crippen LogP contribution in [0.25, 0.3) is 0 Å². The van der Waals surface area contributed by atoms with Crippen LogP contribution in [0, 0.1) is 11.5 Å². The Balaban J connectivity index is 1.53. The summed E-state index contributed by atoms with van der Waals surface area (Å²) in [5.74, 6) is 0.442. The third-order valence-corrected chi connectivity index (χ3v) is 7.31. The van der Waals surface area contributed by atoms with Gasteiger partial charge in [-0.05, 0) is 81.4 Å². The van der Waals surface area contributed by atoms with Crippen molar-refractivity contribution in [2.45, 2.75) is 56.1 Å². The van der Waals surface area contributed by atoms with E-state index in [1.165, 1.54) is 11.1 Å². The number of aromatic hydroxyl groups is 1. The Labute approximate surface area is 205 Å². The number of benzene rings is 2. The van der Waals surface area contributed by atoms with Crippen LogP contribution >= 0.6 is 23.2 Å². The molecule has 2 atom stereocenters. The Morgan fingerprint density at radius 2 is 1.91 bits per heavy atom. The minimum atomic E-state index is -0.213. The second-order valence-corrected chi connectivity index (χ2v) is 10.1. The number of phenolic OH excluding ortho intramolecular Hbond substituents is 1. The average Bonchev–Trinajstić information content (AvgIpc) is 3.55. The summed E-state index contributed by atoms with van der Waals surface area (Å²) >= 11 is 12.3. The summed E-state index contributed by atoms with van der Waals surface area (Å²) in [4.78, 5) is 7.09. The molecule has 8 heteroatoms. The molecule has 2 aliphatic rings. The number of hydrogen-bond acceptors (Lipinski definition) is 4. The maximum absolute atomic E-state index is 9.90. The molecule has 0 aliphatic heterocycles. The van der Waals surface area contributed by atoms with E-state index in [2.05, 4.69) is 39.8 Å². The number of rotatable bonds is 6. The molecule has 0 aromatic heterocycles. The quantitative estimate of drug-likeness (QED) is 0.246. The zero-order valence-corrected chi connectivity index (χ0v) is 20.4. The molecule has 2 aliphatic carbocycles. The van der Waals surface area contributed by atoms with Gasteiger partial charge in [-0.25, -0.2) is 4.99 Å². The summed E-state index contributed by atoms with van der Waals surface area (Å²) in [5.41, 5.74) is 3.46. The van der Waals surface area contributed by atoms with E-state index in [1.54, 1.807) is 12.1 Å². The van der Waals surface area contributed by atoms with Gasteiger partial charge >= 0.3 is 0 Å². The summed E-state index contributed by atoms with van der Waals surface area (Å²) in [5, 5.41) is 26.1. The molecule has 1 saturated carbocycles. The normalized spacial score (nSPS) is 20.0. The predicted octanol–water partition coefficient (Wildman–Crippen LogP) is 4.28. The Morgan fingerprint density at radius 3 is 2.52 bits per heavy atom. The summed E-state index contributed by atoms with van der Waals surface area (Å²) in [7, 11) is 4.09. The topological polar surface area (TPSA) is 83.7 Å². The molecule has 4 rings (SSSR count). The lowest BCUT2D eigenvalue weighted by molar-refractivity contribution is 0.226. The van der Waals surface area contributed by atoms with Gasteiger partial charge in [-0.3, -0.25) is 5.32 Å². The molecule has 6 nitrogen and oxygen atoms in total. The SMILES string of the molecule is CN(C)C(Cc1cc(Cl)c(O)c(Cl)c1)C1(NC(=N[C@H]2CCc3ccccc3C2)NC#N)CC1. The number of hydrogen-bond donors (Lipinski definition) is 3. The van der Waals surface area contributed by atoms with Gasteiger partial charge in [-0.15, -0.1) is 0 Å². The number of likely N-dealkylation sites (N-methyl/N-ethyl adjacent to an activating group) is 1.